The molecule has 0 aliphatic heterocycles. The highest BCUT2D eigenvalue weighted by atomic mass is 32.2. The van der Waals surface area contributed by atoms with Crippen LogP contribution in [0.4, 0.5) is 5.69 Å². The van der Waals surface area contributed by atoms with Gasteiger partial charge in [0.2, 0.25) is 11.8 Å². The van der Waals surface area contributed by atoms with Crippen molar-refractivity contribution in [3.63, 3.8) is 0 Å². The minimum Gasteiger partial charge on any atom is -0.494 e. The van der Waals surface area contributed by atoms with Gasteiger partial charge in [0.05, 0.1) is 17.2 Å². The summed E-state index contributed by atoms with van der Waals surface area (Å²) in [5, 5.41) is 2.99. The zero-order valence-electron chi connectivity index (χ0n) is 24.8. The molecule has 41 heavy (non-hydrogen) atoms. The molecule has 0 saturated heterocycles. The molecule has 3 aromatic carbocycles. The van der Waals surface area contributed by atoms with E-state index >= 15 is 0 Å². The fraction of sp³-hybridized carbons (Fsp3) is 0.375. The number of nitrogens with one attached hydrogen (secondary N) is 1. The van der Waals surface area contributed by atoms with E-state index in [-0.39, 0.29) is 17.3 Å². The normalized spacial score (nSPS) is 12.3. The van der Waals surface area contributed by atoms with E-state index in [2.05, 4.69) is 5.32 Å². The highest BCUT2D eigenvalue weighted by molar-refractivity contribution is 7.92. The number of anilines is 1. The van der Waals surface area contributed by atoms with Crippen LogP contribution in [0.2, 0.25) is 0 Å². The van der Waals surface area contributed by atoms with Crippen LogP contribution in [0.25, 0.3) is 0 Å². The maximum absolute atomic E-state index is 14.2. The van der Waals surface area contributed by atoms with Crippen LogP contribution >= 0.6 is 0 Å². The predicted molar refractivity (Wildman–Crippen MR) is 162 cm³/mol. The van der Waals surface area contributed by atoms with Gasteiger partial charge in [0.15, 0.2) is 0 Å². The van der Waals surface area contributed by atoms with Gasteiger partial charge in [-0.05, 0) is 88.6 Å². The Labute approximate surface area is 244 Å². The minimum absolute atomic E-state index is 0.0283. The second-order valence-corrected chi connectivity index (χ2v) is 12.7. The molecule has 0 fully saturated rings. The number of hydrogen-bond donors (Lipinski definition) is 1. The molecule has 0 aromatic heterocycles. The molecule has 8 nitrogen and oxygen atoms in total. The highest BCUT2D eigenvalue weighted by Crippen LogP contribution is 2.26. The number of nitrogens with zero attached hydrogens (tertiary/aromatic N) is 2. The van der Waals surface area contributed by atoms with Gasteiger partial charge >= 0.3 is 0 Å². The molecule has 0 radical (unpaired) electrons. The molecule has 0 saturated carbocycles. The van der Waals surface area contributed by atoms with Crippen molar-refractivity contribution < 1.29 is 22.7 Å². The minimum atomic E-state index is -4.15. The van der Waals surface area contributed by atoms with Crippen molar-refractivity contribution in [3.05, 3.63) is 90.0 Å². The third kappa shape index (κ3) is 8.33. The summed E-state index contributed by atoms with van der Waals surface area (Å²) in [4.78, 5) is 29.1. The van der Waals surface area contributed by atoms with Crippen LogP contribution in [0.1, 0.15) is 52.2 Å². The van der Waals surface area contributed by atoms with Crippen molar-refractivity contribution in [2.45, 2.75) is 71.0 Å². The van der Waals surface area contributed by atoms with E-state index in [0.717, 1.165) is 15.4 Å². The molecule has 9 heteroatoms. The summed E-state index contributed by atoms with van der Waals surface area (Å²) in [5.74, 6) is -0.223. The first kappa shape index (κ1) is 31.7. The first-order valence-corrected chi connectivity index (χ1v) is 15.3. The Morgan fingerprint density at radius 2 is 1.51 bits per heavy atom. The summed E-state index contributed by atoms with van der Waals surface area (Å²) in [6.45, 7) is 11.4. The van der Waals surface area contributed by atoms with Crippen molar-refractivity contribution in [1.29, 1.82) is 0 Å². The van der Waals surface area contributed by atoms with Crippen molar-refractivity contribution in [3.8, 4) is 5.75 Å². The quantitative estimate of drug-likeness (QED) is 0.314. The average Bonchev–Trinajstić information content (AvgIpc) is 2.92. The molecule has 0 spiro atoms. The number of carbonyl (C=O) groups is 2. The van der Waals surface area contributed by atoms with Gasteiger partial charge < -0.3 is 15.0 Å². The molecule has 220 valence electrons. The van der Waals surface area contributed by atoms with E-state index in [9.17, 15) is 18.0 Å². The van der Waals surface area contributed by atoms with Crippen molar-refractivity contribution in [2.75, 3.05) is 17.5 Å². The second kappa shape index (κ2) is 13.7. The van der Waals surface area contributed by atoms with E-state index in [1.165, 1.54) is 17.0 Å². The lowest BCUT2D eigenvalue weighted by atomic mass is 10.0. The largest absolute Gasteiger partial charge is 0.494 e. The zero-order chi connectivity index (χ0) is 30.2. The summed E-state index contributed by atoms with van der Waals surface area (Å²) in [7, 11) is -4.15. The van der Waals surface area contributed by atoms with Crippen LogP contribution in [-0.4, -0.2) is 49.9 Å². The number of aryl methyl sites for hydroxylation is 1. The molecule has 0 aliphatic carbocycles. The molecule has 0 aliphatic rings. The van der Waals surface area contributed by atoms with Crippen molar-refractivity contribution in [2.24, 2.45) is 0 Å². The highest BCUT2D eigenvalue weighted by Gasteiger charge is 2.34. The number of hydrogen-bond acceptors (Lipinski definition) is 5. The number of para-hydroxylation sites is 1. The lowest BCUT2D eigenvalue weighted by Crippen LogP contribution is -2.55. The molecule has 3 rings (SSSR count). The number of ether oxygens (including phenoxy) is 1. The second-order valence-electron chi connectivity index (χ2n) is 10.9. The predicted octanol–water partition coefficient (Wildman–Crippen LogP) is 5.31. The maximum Gasteiger partial charge on any atom is 0.264 e. The number of amides is 2. The van der Waals surface area contributed by atoms with Crippen LogP contribution in [-0.2, 0) is 26.2 Å². The standard InChI is InChI=1S/C32H41N3O5S/c1-7-29(31(37)33-32(4,5)6)34(22-25-15-13-12-14-24(25)3)30(36)23-35(26-16-10-9-11-17-26)41(38,39)28-20-18-27(19-21-28)40-8-2/h9-21,29H,7-8,22-23H2,1-6H3,(H,33,37)/t29-/m1/s1. The van der Waals surface area contributed by atoms with Crippen molar-refractivity contribution >= 4 is 27.5 Å². The molecule has 1 N–H and O–H groups in total. The maximum atomic E-state index is 14.2. The Kier molecular flexibility index (Phi) is 10.6. The smallest absolute Gasteiger partial charge is 0.264 e. The van der Waals surface area contributed by atoms with Crippen LogP contribution in [0.5, 0.6) is 5.75 Å². The lowest BCUT2D eigenvalue weighted by molar-refractivity contribution is -0.141. The molecule has 0 heterocycles. The van der Waals surface area contributed by atoms with E-state index in [1.54, 1.807) is 42.5 Å². The molecule has 0 bridgehead atoms. The van der Waals surface area contributed by atoms with Gasteiger partial charge in [0.25, 0.3) is 10.0 Å². The van der Waals surface area contributed by atoms with Crippen LogP contribution < -0.4 is 14.4 Å². The van der Waals surface area contributed by atoms with Crippen LogP contribution in [0.15, 0.2) is 83.8 Å². The number of benzene rings is 3. The van der Waals surface area contributed by atoms with E-state index < -0.39 is 34.1 Å². The molecule has 1 atom stereocenters. The summed E-state index contributed by atoms with van der Waals surface area (Å²) in [6.07, 6.45) is 0.358. The Bertz CT molecular complexity index is 1420. The lowest BCUT2D eigenvalue weighted by Gasteiger charge is -2.35. The number of rotatable bonds is 12. The van der Waals surface area contributed by atoms with Crippen molar-refractivity contribution in [1.82, 2.24) is 10.2 Å². The van der Waals surface area contributed by atoms with E-state index in [0.29, 0.717) is 24.5 Å². The average molecular weight is 580 g/mol. The summed E-state index contributed by atoms with van der Waals surface area (Å²) in [5.41, 5.74) is 1.69. The van der Waals surface area contributed by atoms with Crippen LogP contribution in [0.3, 0.4) is 0 Å². The number of carbonyl (C=O) groups excluding carboxylic acids is 2. The van der Waals surface area contributed by atoms with E-state index in [4.69, 9.17) is 4.74 Å². The molecule has 3 aromatic rings. The summed E-state index contributed by atoms with van der Waals surface area (Å²) >= 11 is 0. The van der Waals surface area contributed by atoms with Gasteiger partial charge in [-0.3, -0.25) is 13.9 Å². The summed E-state index contributed by atoms with van der Waals surface area (Å²) in [6, 6.07) is 21.5. The van der Waals surface area contributed by atoms with Gasteiger partial charge in [0.1, 0.15) is 18.3 Å². The molecule has 2 amide bonds. The van der Waals surface area contributed by atoms with Gasteiger partial charge in [-0.15, -0.1) is 0 Å². The van der Waals surface area contributed by atoms with Gasteiger partial charge in [-0.1, -0.05) is 49.4 Å². The SMILES string of the molecule is CCOc1ccc(S(=O)(=O)N(CC(=O)N(Cc2ccccc2C)[C@H](CC)C(=O)NC(C)(C)C)c2ccccc2)cc1. The third-order valence-electron chi connectivity index (χ3n) is 6.53. The molecular formula is C32H41N3O5S. The topological polar surface area (TPSA) is 96.0 Å². The number of sulfonamides is 1. The van der Waals surface area contributed by atoms with E-state index in [1.807, 2.05) is 65.8 Å². The Morgan fingerprint density at radius 1 is 0.902 bits per heavy atom. The Morgan fingerprint density at radius 3 is 2.07 bits per heavy atom. The fourth-order valence-corrected chi connectivity index (χ4v) is 5.88. The van der Waals surface area contributed by atoms with Gasteiger partial charge in [-0.2, -0.15) is 0 Å². The van der Waals surface area contributed by atoms with Crippen LogP contribution in [0, 0.1) is 6.92 Å². The Balaban J connectivity index is 2.05. The fourth-order valence-electron chi connectivity index (χ4n) is 4.47. The van der Waals surface area contributed by atoms with Gasteiger partial charge in [-0.25, -0.2) is 8.42 Å². The molecule has 0 unspecified atom stereocenters. The molecular weight excluding hydrogens is 538 g/mol. The van der Waals surface area contributed by atoms with Gasteiger partial charge in [0, 0.05) is 12.1 Å². The third-order valence-corrected chi connectivity index (χ3v) is 8.32. The Hall–Kier alpha value is -3.85. The monoisotopic (exact) mass is 579 g/mol. The summed E-state index contributed by atoms with van der Waals surface area (Å²) < 4.78 is 34.5. The first-order valence-electron chi connectivity index (χ1n) is 13.8. The first-order chi connectivity index (χ1) is 19.4. The zero-order valence-corrected chi connectivity index (χ0v) is 25.6.